The molecule has 0 aliphatic carbocycles. The first kappa shape index (κ1) is 12.6. The lowest BCUT2D eigenvalue weighted by atomic mass is 10.0. The van der Waals surface area contributed by atoms with E-state index in [-0.39, 0.29) is 0 Å². The van der Waals surface area contributed by atoms with Crippen LogP contribution < -0.4 is 11.1 Å². The van der Waals surface area contributed by atoms with Gasteiger partial charge in [-0.15, -0.1) is 0 Å². The van der Waals surface area contributed by atoms with E-state index in [4.69, 9.17) is 5.73 Å². The Morgan fingerprint density at radius 2 is 2.26 bits per heavy atom. The van der Waals surface area contributed by atoms with E-state index in [1.54, 1.807) is 0 Å². The molecule has 1 aliphatic rings. The van der Waals surface area contributed by atoms with Gasteiger partial charge in [0, 0.05) is 45.8 Å². The van der Waals surface area contributed by atoms with Gasteiger partial charge in [0.2, 0.25) is 0 Å². The zero-order chi connectivity index (χ0) is 13.3. The molecule has 1 aromatic carbocycles. The maximum atomic E-state index is 6.00. The van der Waals surface area contributed by atoms with Crippen LogP contribution >= 0.6 is 11.8 Å². The molecule has 1 saturated heterocycles. The van der Waals surface area contributed by atoms with Crippen molar-refractivity contribution in [3.05, 3.63) is 30.6 Å². The van der Waals surface area contributed by atoms with Crippen LogP contribution in [0.5, 0.6) is 0 Å². The van der Waals surface area contributed by atoms with E-state index in [0.29, 0.717) is 4.75 Å². The van der Waals surface area contributed by atoms with Crippen LogP contribution in [-0.4, -0.2) is 22.0 Å². The van der Waals surface area contributed by atoms with Crippen LogP contribution in [0.4, 0.5) is 11.4 Å². The highest BCUT2D eigenvalue weighted by molar-refractivity contribution is 8.00. The van der Waals surface area contributed by atoms with Crippen molar-refractivity contribution < 1.29 is 0 Å². The molecule has 0 radical (unpaired) electrons. The van der Waals surface area contributed by atoms with Crippen molar-refractivity contribution in [1.82, 2.24) is 4.98 Å². The monoisotopic (exact) mass is 273 g/mol. The lowest BCUT2D eigenvalue weighted by Gasteiger charge is -2.24. The second-order valence-corrected chi connectivity index (χ2v) is 7.06. The first-order valence-corrected chi connectivity index (χ1v) is 7.67. The van der Waals surface area contributed by atoms with Crippen LogP contribution in [0.25, 0.3) is 10.8 Å². The van der Waals surface area contributed by atoms with Gasteiger partial charge < -0.3 is 11.1 Å². The van der Waals surface area contributed by atoms with Gasteiger partial charge in [-0.3, -0.25) is 4.98 Å². The highest BCUT2D eigenvalue weighted by Gasteiger charge is 2.29. The van der Waals surface area contributed by atoms with Crippen LogP contribution in [0.1, 0.15) is 19.8 Å². The minimum atomic E-state index is 0.362. The lowest BCUT2D eigenvalue weighted by molar-refractivity contribution is 0.635. The average molecular weight is 273 g/mol. The molecule has 1 fully saturated rings. The summed E-state index contributed by atoms with van der Waals surface area (Å²) in [5.41, 5.74) is 7.94. The molecule has 0 amide bonds. The Balaban J connectivity index is 1.87. The quantitative estimate of drug-likeness (QED) is 0.840. The summed E-state index contributed by atoms with van der Waals surface area (Å²) in [6.45, 7) is 3.34. The minimum absolute atomic E-state index is 0.362. The molecular weight excluding hydrogens is 254 g/mol. The van der Waals surface area contributed by atoms with E-state index in [9.17, 15) is 0 Å². The molecule has 1 atom stereocenters. The van der Waals surface area contributed by atoms with Gasteiger partial charge in [-0.25, -0.2) is 0 Å². The molecule has 3 N–H and O–H groups in total. The summed E-state index contributed by atoms with van der Waals surface area (Å²) in [7, 11) is 0. The first-order chi connectivity index (χ1) is 9.18. The van der Waals surface area contributed by atoms with Crippen LogP contribution in [-0.2, 0) is 0 Å². The topological polar surface area (TPSA) is 50.9 Å². The smallest absolute Gasteiger partial charge is 0.0423 e. The van der Waals surface area contributed by atoms with Gasteiger partial charge in [-0.2, -0.15) is 11.8 Å². The minimum Gasteiger partial charge on any atom is -0.398 e. The Hall–Kier alpha value is -1.42. The van der Waals surface area contributed by atoms with Crippen molar-refractivity contribution in [3.8, 4) is 0 Å². The molecule has 1 aromatic heterocycles. The number of nitrogens with two attached hydrogens (primary N) is 1. The molecular formula is C15H19N3S. The Morgan fingerprint density at radius 1 is 1.37 bits per heavy atom. The lowest BCUT2D eigenvalue weighted by Crippen LogP contribution is -2.27. The van der Waals surface area contributed by atoms with Gasteiger partial charge in [0.15, 0.2) is 0 Å². The fourth-order valence-corrected chi connectivity index (χ4v) is 3.87. The van der Waals surface area contributed by atoms with Gasteiger partial charge in [-0.1, -0.05) is 0 Å². The number of rotatable bonds is 3. The van der Waals surface area contributed by atoms with E-state index in [1.165, 1.54) is 18.6 Å². The van der Waals surface area contributed by atoms with Crippen molar-refractivity contribution in [1.29, 1.82) is 0 Å². The third-order valence-corrected chi connectivity index (χ3v) is 5.34. The summed E-state index contributed by atoms with van der Waals surface area (Å²) < 4.78 is 0.362. The number of nitrogen functional groups attached to an aromatic ring is 1. The number of hydrogen-bond donors (Lipinski definition) is 2. The van der Waals surface area contributed by atoms with Gasteiger partial charge in [0.1, 0.15) is 0 Å². The number of pyridine rings is 1. The van der Waals surface area contributed by atoms with Gasteiger partial charge in [0.05, 0.1) is 0 Å². The summed E-state index contributed by atoms with van der Waals surface area (Å²) in [6.07, 6.45) is 6.27. The molecule has 3 nitrogen and oxygen atoms in total. The van der Waals surface area contributed by atoms with Crippen LogP contribution in [0.2, 0.25) is 0 Å². The molecule has 0 bridgehead atoms. The summed E-state index contributed by atoms with van der Waals surface area (Å²) in [4.78, 5) is 4.15. The Kier molecular flexibility index (Phi) is 3.27. The SMILES string of the molecule is CC1(CNc2ccc(N)c3cnccc23)CCCS1. The maximum Gasteiger partial charge on any atom is 0.0423 e. The molecule has 1 unspecified atom stereocenters. The standard InChI is InChI=1S/C15H19N3S/c1-15(6-2-8-19-15)10-18-14-4-3-13(16)12-9-17-7-5-11(12)14/h3-5,7,9,18H,2,6,8,10,16H2,1H3. The zero-order valence-corrected chi connectivity index (χ0v) is 12.0. The predicted molar refractivity (Wildman–Crippen MR) is 84.7 cm³/mol. The van der Waals surface area contributed by atoms with Gasteiger partial charge in [0.25, 0.3) is 0 Å². The zero-order valence-electron chi connectivity index (χ0n) is 11.1. The molecule has 0 saturated carbocycles. The van der Waals surface area contributed by atoms with Gasteiger partial charge in [-0.05, 0) is 43.7 Å². The van der Waals surface area contributed by atoms with E-state index >= 15 is 0 Å². The second kappa shape index (κ2) is 4.93. The number of thioether (sulfide) groups is 1. The van der Waals surface area contributed by atoms with E-state index in [2.05, 4.69) is 35.1 Å². The van der Waals surface area contributed by atoms with E-state index in [0.717, 1.165) is 28.7 Å². The first-order valence-electron chi connectivity index (χ1n) is 6.68. The maximum absolute atomic E-state index is 6.00. The fraction of sp³-hybridized carbons (Fsp3) is 0.400. The summed E-state index contributed by atoms with van der Waals surface area (Å²) in [6, 6.07) is 6.05. The summed E-state index contributed by atoms with van der Waals surface area (Å²) in [5.74, 6) is 1.28. The van der Waals surface area contributed by atoms with Crippen molar-refractivity contribution >= 4 is 33.9 Å². The van der Waals surface area contributed by atoms with Crippen LogP contribution in [0.15, 0.2) is 30.6 Å². The molecule has 4 heteroatoms. The molecule has 2 aromatic rings. The number of benzene rings is 1. The van der Waals surface area contributed by atoms with Crippen molar-refractivity contribution in [2.45, 2.75) is 24.5 Å². The molecule has 3 rings (SSSR count). The van der Waals surface area contributed by atoms with Crippen LogP contribution in [0, 0.1) is 0 Å². The third kappa shape index (κ3) is 2.50. The molecule has 0 spiro atoms. The fourth-order valence-electron chi connectivity index (χ4n) is 2.62. The van der Waals surface area contributed by atoms with Crippen molar-refractivity contribution in [3.63, 3.8) is 0 Å². The Morgan fingerprint density at radius 3 is 3.05 bits per heavy atom. The van der Waals surface area contributed by atoms with E-state index in [1.807, 2.05) is 24.5 Å². The number of anilines is 2. The number of fused-ring (bicyclic) bond motifs is 1. The number of nitrogens with one attached hydrogen (secondary N) is 1. The number of hydrogen-bond acceptors (Lipinski definition) is 4. The molecule has 19 heavy (non-hydrogen) atoms. The largest absolute Gasteiger partial charge is 0.398 e. The number of nitrogens with zero attached hydrogens (tertiary/aromatic N) is 1. The van der Waals surface area contributed by atoms with E-state index < -0.39 is 0 Å². The Labute approximate surface area is 118 Å². The van der Waals surface area contributed by atoms with Crippen molar-refractivity contribution in [2.24, 2.45) is 0 Å². The van der Waals surface area contributed by atoms with Gasteiger partial charge >= 0.3 is 0 Å². The second-order valence-electron chi connectivity index (χ2n) is 5.38. The highest BCUT2D eigenvalue weighted by Crippen LogP contribution is 2.38. The third-order valence-electron chi connectivity index (χ3n) is 3.81. The number of aromatic nitrogens is 1. The molecule has 1 aliphatic heterocycles. The predicted octanol–water partition coefficient (Wildman–Crippen LogP) is 3.51. The Bertz CT molecular complexity index is 591. The molecule has 100 valence electrons. The van der Waals surface area contributed by atoms with Crippen LogP contribution in [0.3, 0.4) is 0 Å². The summed E-state index contributed by atoms with van der Waals surface area (Å²) >= 11 is 2.07. The average Bonchev–Trinajstić information content (AvgIpc) is 2.86. The molecule has 2 heterocycles. The highest BCUT2D eigenvalue weighted by atomic mass is 32.2. The van der Waals surface area contributed by atoms with Crippen molar-refractivity contribution in [2.75, 3.05) is 23.3 Å². The normalized spacial score (nSPS) is 22.8. The summed E-state index contributed by atoms with van der Waals surface area (Å²) in [5, 5.41) is 5.77.